The molecule has 2 N–H and O–H groups in total. The maximum Gasteiger partial charge on any atom is 0.238 e. The van der Waals surface area contributed by atoms with Gasteiger partial charge in [-0.25, -0.2) is 4.98 Å². The first-order valence-corrected chi connectivity index (χ1v) is 7.01. The highest BCUT2D eigenvalue weighted by Gasteiger charge is 2.13. The van der Waals surface area contributed by atoms with Crippen LogP contribution in [0.3, 0.4) is 0 Å². The second-order valence-corrected chi connectivity index (χ2v) is 5.31. The fourth-order valence-electron chi connectivity index (χ4n) is 1.45. The molecule has 1 heterocycles. The number of aromatic nitrogens is 2. The number of anilines is 1. The van der Waals surface area contributed by atoms with Crippen molar-refractivity contribution in [2.24, 2.45) is 0 Å². The van der Waals surface area contributed by atoms with Gasteiger partial charge >= 0.3 is 0 Å². The van der Waals surface area contributed by atoms with Crippen LogP contribution in [0.4, 0.5) is 5.95 Å². The van der Waals surface area contributed by atoms with Crippen molar-refractivity contribution in [1.29, 1.82) is 0 Å². The van der Waals surface area contributed by atoms with E-state index in [1.165, 1.54) is 0 Å². The van der Waals surface area contributed by atoms with E-state index in [0.29, 0.717) is 32.6 Å². The summed E-state index contributed by atoms with van der Waals surface area (Å²) in [4.78, 5) is 8.16. The topological polar surface area (TPSA) is 61.0 Å². The number of hydrogen-bond donors (Lipinski definition) is 1. The number of nitrogens with zero attached hydrogens (tertiary/aromatic N) is 2. The lowest BCUT2D eigenvalue weighted by atomic mass is 10.3. The average Bonchev–Trinajstić information content (AvgIpc) is 2.36. The highest BCUT2D eigenvalue weighted by atomic mass is 79.9. The van der Waals surface area contributed by atoms with Gasteiger partial charge in [-0.15, -0.1) is 0 Å². The van der Waals surface area contributed by atoms with Crippen molar-refractivity contribution in [1.82, 2.24) is 9.97 Å². The SMILES string of the molecule is CCc1nc(N)nc(Oc2ccc(Cl)cc2Cl)c1Br. The van der Waals surface area contributed by atoms with Crippen molar-refractivity contribution in [3.8, 4) is 11.6 Å². The second-order valence-electron chi connectivity index (χ2n) is 3.68. The van der Waals surface area contributed by atoms with E-state index in [2.05, 4.69) is 25.9 Å². The molecule has 0 fully saturated rings. The van der Waals surface area contributed by atoms with Gasteiger partial charge in [0.25, 0.3) is 0 Å². The fourth-order valence-corrected chi connectivity index (χ4v) is 2.44. The molecule has 0 saturated heterocycles. The summed E-state index contributed by atoms with van der Waals surface area (Å²) in [7, 11) is 0. The van der Waals surface area contributed by atoms with Gasteiger partial charge < -0.3 is 10.5 Å². The fraction of sp³-hybridized carbons (Fsp3) is 0.167. The van der Waals surface area contributed by atoms with Crippen LogP contribution >= 0.6 is 39.1 Å². The van der Waals surface area contributed by atoms with Gasteiger partial charge in [0.2, 0.25) is 11.8 Å². The van der Waals surface area contributed by atoms with Gasteiger partial charge in [0.05, 0.1) is 10.7 Å². The van der Waals surface area contributed by atoms with Crippen molar-refractivity contribution in [2.75, 3.05) is 5.73 Å². The third-order valence-corrected chi connectivity index (χ3v) is 3.67. The third kappa shape index (κ3) is 3.29. The summed E-state index contributed by atoms with van der Waals surface area (Å²) >= 11 is 15.3. The molecule has 0 aliphatic heterocycles. The summed E-state index contributed by atoms with van der Waals surface area (Å²) in [6.45, 7) is 1.96. The smallest absolute Gasteiger partial charge is 0.238 e. The molecule has 0 aliphatic rings. The molecule has 0 aliphatic carbocycles. The predicted octanol–water partition coefficient (Wildman–Crippen LogP) is 4.48. The lowest BCUT2D eigenvalue weighted by Crippen LogP contribution is -2.02. The lowest BCUT2D eigenvalue weighted by Gasteiger charge is -2.11. The van der Waals surface area contributed by atoms with Crippen LogP contribution in [0.5, 0.6) is 11.6 Å². The molecule has 0 bridgehead atoms. The largest absolute Gasteiger partial charge is 0.436 e. The molecule has 0 spiro atoms. The number of rotatable bonds is 3. The maximum absolute atomic E-state index is 6.05. The van der Waals surface area contributed by atoms with Crippen molar-refractivity contribution in [3.63, 3.8) is 0 Å². The lowest BCUT2D eigenvalue weighted by molar-refractivity contribution is 0.458. The van der Waals surface area contributed by atoms with Gasteiger partial charge in [0.1, 0.15) is 10.2 Å². The van der Waals surface area contributed by atoms with E-state index in [-0.39, 0.29) is 5.95 Å². The summed E-state index contributed by atoms with van der Waals surface area (Å²) in [6.07, 6.45) is 0.706. The van der Waals surface area contributed by atoms with Gasteiger partial charge in [0.15, 0.2) is 0 Å². The number of hydrogen-bond acceptors (Lipinski definition) is 4. The number of aryl methyl sites for hydroxylation is 1. The van der Waals surface area contributed by atoms with Gasteiger partial charge in [-0.2, -0.15) is 4.98 Å². The number of ether oxygens (including phenoxy) is 1. The first kappa shape index (κ1) is 14.4. The van der Waals surface area contributed by atoms with E-state index in [0.717, 1.165) is 5.69 Å². The van der Waals surface area contributed by atoms with Crippen molar-refractivity contribution in [2.45, 2.75) is 13.3 Å². The Bertz CT molecular complexity index is 622. The molecule has 1 aromatic carbocycles. The molecule has 0 radical (unpaired) electrons. The standard InChI is InChI=1S/C12H10BrCl2N3O/c1-2-8-10(13)11(18-12(16)17-8)19-9-4-3-6(14)5-7(9)15/h3-5H,2H2,1H3,(H2,16,17,18). The Labute approximate surface area is 129 Å². The van der Waals surface area contributed by atoms with E-state index in [1.54, 1.807) is 18.2 Å². The molecule has 2 aromatic rings. The minimum Gasteiger partial charge on any atom is -0.436 e. The Balaban J connectivity index is 2.40. The first-order valence-electron chi connectivity index (χ1n) is 5.46. The predicted molar refractivity (Wildman–Crippen MR) is 80.1 cm³/mol. The van der Waals surface area contributed by atoms with Crippen LogP contribution in [0.2, 0.25) is 10.0 Å². The molecule has 1 aromatic heterocycles. The number of nitrogens with two attached hydrogens (primary N) is 1. The number of halogens is 3. The van der Waals surface area contributed by atoms with Gasteiger partial charge in [-0.05, 0) is 40.5 Å². The quantitative estimate of drug-likeness (QED) is 0.874. The Morgan fingerprint density at radius 3 is 2.68 bits per heavy atom. The molecular formula is C12H10BrCl2N3O. The zero-order valence-corrected chi connectivity index (χ0v) is 13.1. The minimum absolute atomic E-state index is 0.153. The molecule has 0 atom stereocenters. The van der Waals surface area contributed by atoms with Crippen molar-refractivity contribution in [3.05, 3.63) is 38.4 Å². The van der Waals surface area contributed by atoms with Crippen molar-refractivity contribution < 1.29 is 4.74 Å². The number of benzene rings is 1. The zero-order valence-electron chi connectivity index (χ0n) is 9.95. The summed E-state index contributed by atoms with van der Waals surface area (Å²) < 4.78 is 6.31. The minimum atomic E-state index is 0.153. The van der Waals surface area contributed by atoms with E-state index >= 15 is 0 Å². The molecule has 100 valence electrons. The molecule has 0 amide bonds. The summed E-state index contributed by atoms with van der Waals surface area (Å²) in [5.41, 5.74) is 6.41. The number of nitrogen functional groups attached to an aromatic ring is 1. The molecule has 19 heavy (non-hydrogen) atoms. The monoisotopic (exact) mass is 361 g/mol. The second kappa shape index (κ2) is 5.94. The van der Waals surface area contributed by atoms with Crippen LogP contribution in [0.15, 0.2) is 22.7 Å². The molecule has 0 unspecified atom stereocenters. The Morgan fingerprint density at radius 2 is 2.05 bits per heavy atom. The van der Waals surface area contributed by atoms with Crippen LogP contribution in [-0.2, 0) is 6.42 Å². The van der Waals surface area contributed by atoms with E-state index < -0.39 is 0 Å². The molecule has 2 rings (SSSR count). The van der Waals surface area contributed by atoms with Gasteiger partial charge in [-0.3, -0.25) is 0 Å². The highest BCUT2D eigenvalue weighted by molar-refractivity contribution is 9.10. The Hall–Kier alpha value is -1.04. The maximum atomic E-state index is 6.05. The summed E-state index contributed by atoms with van der Waals surface area (Å²) in [6, 6.07) is 4.95. The van der Waals surface area contributed by atoms with Gasteiger partial charge in [0, 0.05) is 5.02 Å². The third-order valence-electron chi connectivity index (χ3n) is 2.34. The summed E-state index contributed by atoms with van der Waals surface area (Å²) in [5, 5.41) is 0.933. The molecule has 4 nitrogen and oxygen atoms in total. The van der Waals surface area contributed by atoms with Crippen LogP contribution in [0.1, 0.15) is 12.6 Å². The molecular weight excluding hydrogens is 353 g/mol. The van der Waals surface area contributed by atoms with Crippen LogP contribution in [0.25, 0.3) is 0 Å². The normalized spacial score (nSPS) is 10.5. The first-order chi connectivity index (χ1) is 9.01. The zero-order chi connectivity index (χ0) is 14.0. The van der Waals surface area contributed by atoms with Crippen molar-refractivity contribution >= 4 is 45.1 Å². The van der Waals surface area contributed by atoms with Gasteiger partial charge in [-0.1, -0.05) is 30.1 Å². The highest BCUT2D eigenvalue weighted by Crippen LogP contribution is 2.35. The van der Waals surface area contributed by atoms with Crippen LogP contribution in [0, 0.1) is 0 Å². The summed E-state index contributed by atoms with van der Waals surface area (Å²) in [5.74, 6) is 0.931. The molecule has 0 saturated carbocycles. The van der Waals surface area contributed by atoms with Crippen LogP contribution < -0.4 is 10.5 Å². The Morgan fingerprint density at radius 1 is 1.32 bits per heavy atom. The van der Waals surface area contributed by atoms with Crippen LogP contribution in [-0.4, -0.2) is 9.97 Å². The van der Waals surface area contributed by atoms with E-state index in [9.17, 15) is 0 Å². The molecule has 7 heteroatoms. The Kier molecular flexibility index (Phi) is 4.50. The van der Waals surface area contributed by atoms with E-state index in [1.807, 2.05) is 6.92 Å². The average molecular weight is 363 g/mol. The van der Waals surface area contributed by atoms with E-state index in [4.69, 9.17) is 33.7 Å².